The molecule has 0 aliphatic heterocycles. The normalized spacial score (nSPS) is 14.2. The van der Waals surface area contributed by atoms with Crippen molar-refractivity contribution in [2.24, 2.45) is 0 Å². The van der Waals surface area contributed by atoms with Crippen molar-refractivity contribution in [1.82, 2.24) is 0 Å². The third-order valence-corrected chi connectivity index (χ3v) is 12.2. The zero-order chi connectivity index (χ0) is 32.7. The lowest BCUT2D eigenvalue weighted by Gasteiger charge is -2.30. The smallest absolute Gasteiger partial charge is 0.0547 e. The predicted molar refractivity (Wildman–Crippen MR) is 212 cm³/mol. The van der Waals surface area contributed by atoms with Crippen LogP contribution >= 0.6 is 11.3 Å². The number of rotatable bonds is 4. The molecule has 0 unspecified atom stereocenters. The van der Waals surface area contributed by atoms with Gasteiger partial charge in [0.15, 0.2) is 0 Å². The number of thiophene rings is 1. The van der Waals surface area contributed by atoms with Crippen LogP contribution in [-0.2, 0) is 11.8 Å². The second-order valence-electron chi connectivity index (χ2n) is 14.0. The van der Waals surface area contributed by atoms with E-state index in [9.17, 15) is 0 Å². The fourth-order valence-electron chi connectivity index (χ4n) is 8.56. The van der Waals surface area contributed by atoms with Crippen LogP contribution in [0.2, 0.25) is 0 Å². The van der Waals surface area contributed by atoms with Gasteiger partial charge in [-0.1, -0.05) is 135 Å². The van der Waals surface area contributed by atoms with Gasteiger partial charge in [-0.15, -0.1) is 11.3 Å². The minimum absolute atomic E-state index is 0.0867. The first-order valence-electron chi connectivity index (χ1n) is 17.3. The van der Waals surface area contributed by atoms with Crippen LogP contribution in [-0.4, -0.2) is 0 Å². The molecule has 2 aliphatic rings. The summed E-state index contributed by atoms with van der Waals surface area (Å²) >= 11 is 1.95. The third-order valence-electron chi connectivity index (χ3n) is 10.9. The Morgan fingerprint density at radius 2 is 1.29 bits per heavy atom. The first-order chi connectivity index (χ1) is 24.1. The van der Waals surface area contributed by atoms with Crippen molar-refractivity contribution in [3.05, 3.63) is 167 Å². The molecule has 0 bridgehead atoms. The Bertz CT molecular complexity index is 2630. The molecular weight excluding hydrogens is 611 g/mol. The summed E-state index contributed by atoms with van der Waals surface area (Å²) in [5.74, 6) is 0. The molecule has 2 heteroatoms. The maximum absolute atomic E-state index is 2.55. The number of fused-ring (bicyclic) bond motifs is 9. The van der Waals surface area contributed by atoms with Crippen molar-refractivity contribution in [1.29, 1.82) is 0 Å². The van der Waals surface area contributed by atoms with Crippen LogP contribution in [0.4, 0.5) is 17.1 Å². The molecule has 1 heterocycles. The topological polar surface area (TPSA) is 3.24 Å². The van der Waals surface area contributed by atoms with Crippen LogP contribution < -0.4 is 4.90 Å². The average Bonchev–Trinajstić information content (AvgIpc) is 3.64. The number of benzene rings is 7. The van der Waals surface area contributed by atoms with Crippen molar-refractivity contribution >= 4 is 66.1 Å². The van der Waals surface area contributed by atoms with E-state index in [0.29, 0.717) is 0 Å². The van der Waals surface area contributed by atoms with E-state index in [1.807, 2.05) is 11.3 Å². The number of hydrogen-bond donors (Lipinski definition) is 0. The Kier molecular flexibility index (Phi) is 6.29. The molecule has 49 heavy (non-hydrogen) atoms. The van der Waals surface area contributed by atoms with E-state index >= 15 is 0 Å². The van der Waals surface area contributed by atoms with Crippen molar-refractivity contribution in [2.75, 3.05) is 4.90 Å². The average molecular weight is 646 g/mol. The summed E-state index contributed by atoms with van der Waals surface area (Å²) in [5.41, 5.74) is 12.9. The highest BCUT2D eigenvalue weighted by Gasteiger charge is 2.38. The molecule has 0 fully saturated rings. The summed E-state index contributed by atoms with van der Waals surface area (Å²) in [6.45, 7) is 4.74. The van der Waals surface area contributed by atoms with Gasteiger partial charge in [0.05, 0.1) is 11.4 Å². The Balaban J connectivity index is 1.26. The van der Waals surface area contributed by atoms with Gasteiger partial charge < -0.3 is 4.90 Å². The van der Waals surface area contributed by atoms with Crippen LogP contribution in [0.1, 0.15) is 41.8 Å². The minimum Gasteiger partial charge on any atom is -0.309 e. The molecule has 7 aromatic carbocycles. The number of anilines is 3. The second-order valence-corrected chi connectivity index (χ2v) is 15.0. The van der Waals surface area contributed by atoms with Gasteiger partial charge in [0.2, 0.25) is 0 Å². The Morgan fingerprint density at radius 1 is 0.592 bits per heavy atom. The quantitative estimate of drug-likeness (QED) is 0.184. The van der Waals surface area contributed by atoms with E-state index in [4.69, 9.17) is 0 Å². The SMILES string of the molecule is CC1(C)c2ccccc2-c2c(N(c3ccc(-c4cccc5ccccc45)cc3)c3cc4c5c(sc4c4ccccc34)C=CCC5)cccc21. The number of nitrogens with zero attached hydrogens (tertiary/aromatic N) is 1. The molecular formula is C47H35NS. The monoisotopic (exact) mass is 645 g/mol. The molecule has 0 atom stereocenters. The fourth-order valence-corrected chi connectivity index (χ4v) is 9.86. The van der Waals surface area contributed by atoms with Gasteiger partial charge >= 0.3 is 0 Å². The predicted octanol–water partition coefficient (Wildman–Crippen LogP) is 13.6. The number of allylic oxidation sites excluding steroid dienone is 1. The first-order valence-corrected chi connectivity index (χ1v) is 18.1. The van der Waals surface area contributed by atoms with Gasteiger partial charge in [0.1, 0.15) is 0 Å². The highest BCUT2D eigenvalue weighted by molar-refractivity contribution is 7.21. The van der Waals surface area contributed by atoms with E-state index in [0.717, 1.165) is 18.5 Å². The Morgan fingerprint density at radius 3 is 2.16 bits per heavy atom. The summed E-state index contributed by atoms with van der Waals surface area (Å²) < 4.78 is 1.40. The van der Waals surface area contributed by atoms with Crippen molar-refractivity contribution in [3.8, 4) is 22.3 Å². The molecule has 8 aromatic rings. The van der Waals surface area contributed by atoms with Gasteiger partial charge in [-0.25, -0.2) is 0 Å². The molecule has 10 rings (SSSR count). The van der Waals surface area contributed by atoms with Crippen molar-refractivity contribution in [3.63, 3.8) is 0 Å². The van der Waals surface area contributed by atoms with Crippen LogP contribution in [0.15, 0.2) is 146 Å². The number of hydrogen-bond acceptors (Lipinski definition) is 2. The molecule has 2 aliphatic carbocycles. The summed E-state index contributed by atoms with van der Waals surface area (Å²) in [6.07, 6.45) is 6.85. The van der Waals surface area contributed by atoms with E-state index in [2.05, 4.69) is 170 Å². The maximum Gasteiger partial charge on any atom is 0.0547 e. The highest BCUT2D eigenvalue weighted by Crippen LogP contribution is 2.55. The van der Waals surface area contributed by atoms with E-state index < -0.39 is 0 Å². The molecule has 0 spiro atoms. The van der Waals surface area contributed by atoms with Crippen LogP contribution in [0.25, 0.3) is 60.0 Å². The summed E-state index contributed by atoms with van der Waals surface area (Å²) in [5, 5.41) is 6.54. The minimum atomic E-state index is -0.0867. The molecule has 1 aromatic heterocycles. The Labute approximate surface area is 291 Å². The first kappa shape index (κ1) is 28.6. The van der Waals surface area contributed by atoms with Gasteiger partial charge in [0.25, 0.3) is 0 Å². The molecule has 234 valence electrons. The van der Waals surface area contributed by atoms with Crippen LogP contribution in [0, 0.1) is 0 Å². The van der Waals surface area contributed by atoms with E-state index in [1.165, 1.54) is 86.8 Å². The lowest BCUT2D eigenvalue weighted by atomic mass is 9.82. The maximum atomic E-state index is 2.55. The molecule has 1 nitrogen and oxygen atoms in total. The standard InChI is InChI=1S/C47H35NS/c1-47(2)40-21-9-7-19-38(40)45-41(47)22-12-23-42(45)48(32-27-25-31(26-28-32)34-20-11-14-30-13-3-4-15-33(30)34)43-29-39-36-17-8-10-24-44(36)49-46(39)37-18-6-5-16-35(37)43/h3-7,9-16,18-29H,8,17H2,1-2H3. The molecule has 0 radical (unpaired) electrons. The number of aryl methyl sites for hydroxylation is 1. The fraction of sp³-hybridized carbons (Fsp3) is 0.106. The van der Waals surface area contributed by atoms with Gasteiger partial charge in [0, 0.05) is 37.0 Å². The zero-order valence-corrected chi connectivity index (χ0v) is 28.5. The summed E-state index contributed by atoms with van der Waals surface area (Å²) in [4.78, 5) is 3.96. The molecule has 0 N–H and O–H groups in total. The molecule has 0 saturated heterocycles. The van der Waals surface area contributed by atoms with Crippen LogP contribution in [0.3, 0.4) is 0 Å². The molecule has 0 saturated carbocycles. The largest absolute Gasteiger partial charge is 0.309 e. The van der Waals surface area contributed by atoms with E-state index in [-0.39, 0.29) is 5.41 Å². The van der Waals surface area contributed by atoms with E-state index in [1.54, 1.807) is 0 Å². The summed E-state index contributed by atoms with van der Waals surface area (Å²) in [7, 11) is 0. The van der Waals surface area contributed by atoms with Gasteiger partial charge in [-0.05, 0) is 92.7 Å². The van der Waals surface area contributed by atoms with Crippen molar-refractivity contribution < 1.29 is 0 Å². The van der Waals surface area contributed by atoms with Crippen LogP contribution in [0.5, 0.6) is 0 Å². The lowest BCUT2D eigenvalue weighted by Crippen LogP contribution is -2.16. The Hall–Kier alpha value is -5.44. The zero-order valence-electron chi connectivity index (χ0n) is 27.7. The van der Waals surface area contributed by atoms with Gasteiger partial charge in [-0.2, -0.15) is 0 Å². The summed E-state index contributed by atoms with van der Waals surface area (Å²) in [6, 6.07) is 52.0. The second kappa shape index (κ2) is 10.8. The third kappa shape index (κ3) is 4.24. The molecule has 0 amide bonds. The van der Waals surface area contributed by atoms with Gasteiger partial charge in [-0.3, -0.25) is 0 Å². The van der Waals surface area contributed by atoms with Crippen molar-refractivity contribution in [2.45, 2.75) is 32.1 Å². The highest BCUT2D eigenvalue weighted by atomic mass is 32.1. The lowest BCUT2D eigenvalue weighted by molar-refractivity contribution is 0.660.